The Morgan fingerprint density at radius 3 is 2.13 bits per heavy atom. The Balaban J connectivity index is 1.64. The SMILES string of the molecule is O=C1NC(c2ccccc2)=C(Sc2ccccc2)C(COC(=O)c2ccccc2)N1. The summed E-state index contributed by atoms with van der Waals surface area (Å²) in [5.74, 6) is -0.422. The van der Waals surface area contributed by atoms with E-state index in [-0.39, 0.29) is 12.6 Å². The molecule has 1 heterocycles. The molecule has 6 heteroatoms. The van der Waals surface area contributed by atoms with Crippen molar-refractivity contribution in [2.24, 2.45) is 0 Å². The van der Waals surface area contributed by atoms with Gasteiger partial charge in [-0.2, -0.15) is 0 Å². The minimum absolute atomic E-state index is 0.0344. The summed E-state index contributed by atoms with van der Waals surface area (Å²) in [5, 5.41) is 5.81. The monoisotopic (exact) mass is 416 g/mol. The number of thioether (sulfide) groups is 1. The van der Waals surface area contributed by atoms with E-state index in [9.17, 15) is 9.59 Å². The Morgan fingerprint density at radius 2 is 1.47 bits per heavy atom. The van der Waals surface area contributed by atoms with E-state index in [1.54, 1.807) is 24.3 Å². The number of ether oxygens (including phenoxy) is 1. The van der Waals surface area contributed by atoms with Crippen LogP contribution < -0.4 is 10.6 Å². The first-order chi connectivity index (χ1) is 14.7. The molecule has 1 unspecified atom stereocenters. The molecule has 4 rings (SSSR count). The fraction of sp³-hybridized carbons (Fsp3) is 0.0833. The van der Waals surface area contributed by atoms with E-state index in [2.05, 4.69) is 10.6 Å². The van der Waals surface area contributed by atoms with Crippen molar-refractivity contribution in [2.45, 2.75) is 10.9 Å². The maximum atomic E-state index is 12.4. The predicted molar refractivity (Wildman–Crippen MR) is 118 cm³/mol. The summed E-state index contributed by atoms with van der Waals surface area (Å²) >= 11 is 1.54. The first-order valence-corrected chi connectivity index (χ1v) is 10.3. The molecule has 0 radical (unpaired) electrons. The number of carbonyl (C=O) groups excluding carboxylic acids is 2. The number of benzene rings is 3. The van der Waals surface area contributed by atoms with Gasteiger partial charge in [-0.15, -0.1) is 0 Å². The molecule has 0 aliphatic carbocycles. The lowest BCUT2D eigenvalue weighted by atomic mass is 10.1. The van der Waals surface area contributed by atoms with Gasteiger partial charge < -0.3 is 15.4 Å². The van der Waals surface area contributed by atoms with Crippen molar-refractivity contribution >= 4 is 29.5 Å². The van der Waals surface area contributed by atoms with Crippen LogP contribution in [0.2, 0.25) is 0 Å². The second-order valence-electron chi connectivity index (χ2n) is 6.64. The van der Waals surface area contributed by atoms with Gasteiger partial charge in [-0.3, -0.25) is 0 Å². The van der Waals surface area contributed by atoms with Gasteiger partial charge in [0.1, 0.15) is 6.61 Å². The topological polar surface area (TPSA) is 67.4 Å². The molecule has 0 aromatic heterocycles. The molecule has 1 aliphatic rings. The maximum absolute atomic E-state index is 12.4. The first-order valence-electron chi connectivity index (χ1n) is 9.53. The van der Waals surface area contributed by atoms with E-state index in [1.165, 1.54) is 11.8 Å². The summed E-state index contributed by atoms with van der Waals surface area (Å²) in [7, 11) is 0. The number of amides is 2. The van der Waals surface area contributed by atoms with Gasteiger partial charge in [0.15, 0.2) is 0 Å². The fourth-order valence-electron chi connectivity index (χ4n) is 3.10. The number of hydrogen-bond acceptors (Lipinski definition) is 4. The minimum Gasteiger partial charge on any atom is -0.460 e. The Morgan fingerprint density at radius 1 is 0.867 bits per heavy atom. The molecule has 5 nitrogen and oxygen atoms in total. The van der Waals surface area contributed by atoms with Crippen molar-refractivity contribution < 1.29 is 14.3 Å². The van der Waals surface area contributed by atoms with Crippen molar-refractivity contribution in [3.8, 4) is 0 Å². The molecule has 1 aliphatic heterocycles. The molecule has 0 bridgehead atoms. The van der Waals surface area contributed by atoms with Crippen LogP contribution in [0.4, 0.5) is 4.79 Å². The van der Waals surface area contributed by atoms with Crippen LogP contribution >= 0.6 is 11.8 Å². The molecule has 0 saturated carbocycles. The Bertz CT molecular complexity index is 1050. The standard InChI is InChI=1S/C24H20N2O3S/c27-23(18-12-6-2-7-13-18)29-16-20-22(30-19-14-8-3-9-15-19)21(26-24(28)25-20)17-10-4-1-5-11-17/h1-15,20H,16H2,(H2,25,26,28). The molecular formula is C24H20N2O3S. The minimum atomic E-state index is -0.466. The highest BCUT2D eigenvalue weighted by atomic mass is 32.2. The molecule has 150 valence electrons. The number of urea groups is 1. The van der Waals surface area contributed by atoms with Crippen molar-refractivity contribution in [1.82, 2.24) is 10.6 Å². The molecule has 0 spiro atoms. The average molecular weight is 417 g/mol. The lowest BCUT2D eigenvalue weighted by Gasteiger charge is -2.29. The summed E-state index contributed by atoms with van der Waals surface area (Å²) in [6.45, 7) is 0.0344. The van der Waals surface area contributed by atoms with Gasteiger partial charge in [-0.1, -0.05) is 78.5 Å². The zero-order chi connectivity index (χ0) is 20.8. The summed E-state index contributed by atoms with van der Waals surface area (Å²) in [4.78, 5) is 26.7. The zero-order valence-corrected chi connectivity index (χ0v) is 16.9. The second kappa shape index (κ2) is 9.33. The molecule has 0 fully saturated rings. The number of rotatable bonds is 6. The summed E-state index contributed by atoms with van der Waals surface area (Å²) in [6.07, 6.45) is 0. The Hall–Kier alpha value is -3.51. The van der Waals surface area contributed by atoms with Gasteiger partial charge in [0, 0.05) is 9.80 Å². The lowest BCUT2D eigenvalue weighted by molar-refractivity contribution is 0.0484. The van der Waals surface area contributed by atoms with Crippen LogP contribution in [0.3, 0.4) is 0 Å². The van der Waals surface area contributed by atoms with E-state index in [1.807, 2.05) is 66.7 Å². The predicted octanol–water partition coefficient (Wildman–Crippen LogP) is 4.69. The average Bonchev–Trinajstić information content (AvgIpc) is 2.80. The quantitative estimate of drug-likeness (QED) is 0.572. The number of nitrogens with one attached hydrogen (secondary N) is 2. The Labute approximate surface area is 179 Å². The van der Waals surface area contributed by atoms with Crippen molar-refractivity contribution in [1.29, 1.82) is 0 Å². The molecular weight excluding hydrogens is 396 g/mol. The van der Waals surface area contributed by atoms with Crippen molar-refractivity contribution in [2.75, 3.05) is 6.61 Å². The first kappa shape index (κ1) is 19.8. The molecule has 0 saturated heterocycles. The lowest BCUT2D eigenvalue weighted by Crippen LogP contribution is -2.49. The van der Waals surface area contributed by atoms with Gasteiger partial charge in [-0.25, -0.2) is 9.59 Å². The van der Waals surface area contributed by atoms with Gasteiger partial charge in [0.05, 0.1) is 17.3 Å². The van der Waals surface area contributed by atoms with Crippen LogP contribution in [0, 0.1) is 0 Å². The van der Waals surface area contributed by atoms with Crippen molar-refractivity contribution in [3.05, 3.63) is 107 Å². The smallest absolute Gasteiger partial charge is 0.338 e. The fourth-order valence-corrected chi connectivity index (χ4v) is 4.19. The summed E-state index contributed by atoms with van der Waals surface area (Å²) in [5.41, 5.74) is 2.08. The van der Waals surface area contributed by atoms with Gasteiger partial charge in [0.2, 0.25) is 0 Å². The number of carbonyl (C=O) groups is 2. The summed E-state index contributed by atoms with van der Waals surface area (Å²) < 4.78 is 5.54. The van der Waals surface area contributed by atoms with E-state index < -0.39 is 12.0 Å². The van der Waals surface area contributed by atoms with Crippen LogP contribution in [-0.4, -0.2) is 24.6 Å². The second-order valence-corrected chi connectivity index (χ2v) is 7.75. The van der Waals surface area contributed by atoms with E-state index in [0.717, 1.165) is 15.4 Å². The van der Waals surface area contributed by atoms with Crippen LogP contribution in [0.1, 0.15) is 15.9 Å². The maximum Gasteiger partial charge on any atom is 0.338 e. The molecule has 30 heavy (non-hydrogen) atoms. The van der Waals surface area contributed by atoms with Crippen LogP contribution in [0.25, 0.3) is 5.70 Å². The summed E-state index contributed by atoms with van der Waals surface area (Å²) in [6, 6.07) is 27.6. The highest BCUT2D eigenvalue weighted by Crippen LogP contribution is 2.35. The molecule has 2 N–H and O–H groups in total. The van der Waals surface area contributed by atoms with E-state index >= 15 is 0 Å². The Kier molecular flexibility index (Phi) is 6.15. The zero-order valence-electron chi connectivity index (χ0n) is 16.1. The van der Waals surface area contributed by atoms with Gasteiger partial charge in [-0.05, 0) is 29.8 Å². The molecule has 1 atom stereocenters. The number of hydrogen-bond donors (Lipinski definition) is 2. The van der Waals surface area contributed by atoms with Crippen LogP contribution in [0.15, 0.2) is 101 Å². The highest BCUT2D eigenvalue weighted by Gasteiger charge is 2.29. The van der Waals surface area contributed by atoms with Gasteiger partial charge >= 0.3 is 12.0 Å². The highest BCUT2D eigenvalue weighted by molar-refractivity contribution is 8.03. The molecule has 3 aromatic carbocycles. The van der Waals surface area contributed by atoms with E-state index in [0.29, 0.717) is 11.3 Å². The molecule has 2 amide bonds. The van der Waals surface area contributed by atoms with E-state index in [4.69, 9.17) is 4.74 Å². The van der Waals surface area contributed by atoms with Crippen LogP contribution in [-0.2, 0) is 4.74 Å². The normalized spacial score (nSPS) is 15.9. The van der Waals surface area contributed by atoms with Crippen molar-refractivity contribution in [3.63, 3.8) is 0 Å². The number of esters is 1. The molecule has 3 aromatic rings. The largest absolute Gasteiger partial charge is 0.460 e. The third kappa shape index (κ3) is 4.72. The third-order valence-electron chi connectivity index (χ3n) is 4.53. The van der Waals surface area contributed by atoms with Crippen LogP contribution in [0.5, 0.6) is 0 Å². The van der Waals surface area contributed by atoms with Gasteiger partial charge in [0.25, 0.3) is 0 Å². The third-order valence-corrected chi connectivity index (χ3v) is 5.75.